The first kappa shape index (κ1) is 23.7. The second-order valence-electron chi connectivity index (χ2n) is 7.95. The van der Waals surface area contributed by atoms with E-state index in [1.165, 1.54) is 11.5 Å². The SMILES string of the molecule is CCOC(=O)C1CCN(C(=O)c2cccc(Oc3nc(Cc4cccc(OC)c4)ns3)c2)CC1. The van der Waals surface area contributed by atoms with E-state index in [9.17, 15) is 9.59 Å². The van der Waals surface area contributed by atoms with Crippen LogP contribution in [0.1, 0.15) is 41.5 Å². The Labute approximate surface area is 202 Å². The van der Waals surface area contributed by atoms with E-state index in [-0.39, 0.29) is 17.8 Å². The van der Waals surface area contributed by atoms with Crippen LogP contribution in [0.5, 0.6) is 16.7 Å². The fourth-order valence-electron chi connectivity index (χ4n) is 3.87. The lowest BCUT2D eigenvalue weighted by Crippen LogP contribution is -2.40. The average molecular weight is 482 g/mol. The molecule has 9 heteroatoms. The topological polar surface area (TPSA) is 90.9 Å². The minimum atomic E-state index is -0.173. The lowest BCUT2D eigenvalue weighted by molar-refractivity contribution is -0.149. The van der Waals surface area contributed by atoms with E-state index in [4.69, 9.17) is 14.2 Å². The maximum Gasteiger partial charge on any atom is 0.309 e. The van der Waals surface area contributed by atoms with Gasteiger partial charge in [0.2, 0.25) is 0 Å². The molecule has 1 fully saturated rings. The maximum absolute atomic E-state index is 13.0. The van der Waals surface area contributed by atoms with Gasteiger partial charge < -0.3 is 19.1 Å². The molecule has 3 aromatic rings. The van der Waals surface area contributed by atoms with Gasteiger partial charge in [-0.1, -0.05) is 18.2 Å². The van der Waals surface area contributed by atoms with Gasteiger partial charge in [-0.15, -0.1) is 0 Å². The third-order valence-electron chi connectivity index (χ3n) is 5.63. The van der Waals surface area contributed by atoms with Gasteiger partial charge in [-0.05, 0) is 55.7 Å². The number of piperidine rings is 1. The molecule has 1 aliphatic heterocycles. The molecular weight excluding hydrogens is 454 g/mol. The lowest BCUT2D eigenvalue weighted by Gasteiger charge is -2.31. The predicted octanol–water partition coefficient (Wildman–Crippen LogP) is 4.35. The molecule has 0 saturated carbocycles. The summed E-state index contributed by atoms with van der Waals surface area (Å²) in [5, 5.41) is 0.415. The van der Waals surface area contributed by atoms with Gasteiger partial charge in [0.25, 0.3) is 11.1 Å². The van der Waals surface area contributed by atoms with Crippen LogP contribution in [0.4, 0.5) is 0 Å². The first-order valence-corrected chi connectivity index (χ1v) is 12.0. The summed E-state index contributed by atoms with van der Waals surface area (Å²) in [4.78, 5) is 31.2. The highest BCUT2D eigenvalue weighted by molar-refractivity contribution is 7.07. The Balaban J connectivity index is 1.36. The predicted molar refractivity (Wildman–Crippen MR) is 127 cm³/mol. The fourth-order valence-corrected chi connectivity index (χ4v) is 4.44. The number of carbonyl (C=O) groups excluding carboxylic acids is 2. The third-order valence-corrected chi connectivity index (χ3v) is 6.27. The number of esters is 1. The minimum Gasteiger partial charge on any atom is -0.497 e. The zero-order valence-electron chi connectivity index (χ0n) is 19.2. The van der Waals surface area contributed by atoms with Crippen LogP contribution in [0.3, 0.4) is 0 Å². The third kappa shape index (κ3) is 5.91. The number of benzene rings is 2. The molecular formula is C25H27N3O5S. The van der Waals surface area contributed by atoms with Crippen LogP contribution in [0.25, 0.3) is 0 Å². The van der Waals surface area contributed by atoms with Crippen LogP contribution in [0, 0.1) is 5.92 Å². The molecule has 8 nitrogen and oxygen atoms in total. The largest absolute Gasteiger partial charge is 0.497 e. The highest BCUT2D eigenvalue weighted by Crippen LogP contribution is 2.26. The van der Waals surface area contributed by atoms with Crippen molar-refractivity contribution in [2.75, 3.05) is 26.8 Å². The molecule has 178 valence electrons. The molecule has 0 N–H and O–H groups in total. The van der Waals surface area contributed by atoms with Crippen LogP contribution in [0.15, 0.2) is 48.5 Å². The van der Waals surface area contributed by atoms with E-state index < -0.39 is 0 Å². The molecule has 1 amide bonds. The standard InChI is InChI=1S/C25H27N3O5S/c1-3-32-24(30)18-10-12-28(13-11-18)23(29)19-7-5-9-21(16-19)33-25-26-22(27-34-25)15-17-6-4-8-20(14-17)31-2/h4-9,14,16,18H,3,10-13,15H2,1-2H3. The van der Waals surface area contributed by atoms with Crippen LogP contribution in [0.2, 0.25) is 0 Å². The van der Waals surface area contributed by atoms with Gasteiger partial charge in [0.1, 0.15) is 11.5 Å². The van der Waals surface area contributed by atoms with Crippen LogP contribution in [-0.2, 0) is 16.0 Å². The Morgan fingerprint density at radius 1 is 1.09 bits per heavy atom. The lowest BCUT2D eigenvalue weighted by atomic mass is 9.96. The molecule has 4 rings (SSSR count). The van der Waals surface area contributed by atoms with E-state index in [1.54, 1.807) is 43.2 Å². The van der Waals surface area contributed by atoms with Gasteiger partial charge in [0, 0.05) is 36.6 Å². The Morgan fingerprint density at radius 3 is 2.62 bits per heavy atom. The number of methoxy groups -OCH3 is 1. The van der Waals surface area contributed by atoms with E-state index in [0.717, 1.165) is 11.3 Å². The monoisotopic (exact) mass is 481 g/mol. The number of amides is 1. The van der Waals surface area contributed by atoms with Crippen molar-refractivity contribution in [3.63, 3.8) is 0 Å². The summed E-state index contributed by atoms with van der Waals surface area (Å²) in [6, 6.07) is 14.8. The number of aromatic nitrogens is 2. The highest BCUT2D eigenvalue weighted by Gasteiger charge is 2.28. The fraction of sp³-hybridized carbons (Fsp3) is 0.360. The Bertz CT molecular complexity index is 1140. The second kappa shape index (κ2) is 11.1. The molecule has 0 aliphatic carbocycles. The Hall–Kier alpha value is -3.46. The summed E-state index contributed by atoms with van der Waals surface area (Å²) in [6.07, 6.45) is 1.79. The summed E-state index contributed by atoms with van der Waals surface area (Å²) in [5.41, 5.74) is 1.58. The number of carbonyl (C=O) groups is 2. The van der Waals surface area contributed by atoms with Gasteiger partial charge in [-0.3, -0.25) is 9.59 Å². The first-order chi connectivity index (χ1) is 16.6. The molecule has 1 aromatic heterocycles. The van der Waals surface area contributed by atoms with Gasteiger partial charge in [-0.25, -0.2) is 0 Å². The highest BCUT2D eigenvalue weighted by atomic mass is 32.1. The zero-order chi connectivity index (χ0) is 23.9. The number of ether oxygens (including phenoxy) is 3. The summed E-state index contributed by atoms with van der Waals surface area (Å²) >= 11 is 1.17. The second-order valence-corrected chi connectivity index (χ2v) is 8.67. The number of likely N-dealkylation sites (tertiary alicyclic amines) is 1. The van der Waals surface area contributed by atoms with Crippen molar-refractivity contribution in [3.8, 4) is 16.7 Å². The van der Waals surface area contributed by atoms with Crippen LogP contribution in [-0.4, -0.2) is 52.9 Å². The summed E-state index contributed by atoms with van der Waals surface area (Å²) < 4.78 is 20.6. The van der Waals surface area contributed by atoms with Crippen molar-refractivity contribution in [2.24, 2.45) is 5.92 Å². The maximum atomic E-state index is 13.0. The van der Waals surface area contributed by atoms with Gasteiger partial charge in [-0.2, -0.15) is 9.36 Å². The van der Waals surface area contributed by atoms with Gasteiger partial charge >= 0.3 is 5.97 Å². The van der Waals surface area contributed by atoms with Crippen LogP contribution < -0.4 is 9.47 Å². The smallest absolute Gasteiger partial charge is 0.309 e. The molecule has 0 radical (unpaired) electrons. The average Bonchev–Trinajstić information content (AvgIpc) is 3.30. The van der Waals surface area contributed by atoms with E-state index in [1.807, 2.05) is 24.3 Å². The van der Waals surface area contributed by atoms with E-state index >= 15 is 0 Å². The molecule has 0 spiro atoms. The van der Waals surface area contributed by atoms with Crippen molar-refractivity contribution >= 4 is 23.4 Å². The van der Waals surface area contributed by atoms with Crippen molar-refractivity contribution in [1.29, 1.82) is 0 Å². The summed E-state index contributed by atoms with van der Waals surface area (Å²) in [5.74, 6) is 1.58. The van der Waals surface area contributed by atoms with Crippen molar-refractivity contribution in [1.82, 2.24) is 14.3 Å². The molecule has 1 saturated heterocycles. The van der Waals surface area contributed by atoms with Crippen LogP contribution >= 0.6 is 11.5 Å². The number of rotatable bonds is 8. The number of hydrogen-bond donors (Lipinski definition) is 0. The normalized spacial score (nSPS) is 14.0. The van der Waals surface area contributed by atoms with E-state index in [0.29, 0.717) is 61.3 Å². The molecule has 2 heterocycles. The molecule has 1 aliphatic rings. The Kier molecular flexibility index (Phi) is 7.74. The minimum absolute atomic E-state index is 0.0799. The van der Waals surface area contributed by atoms with Gasteiger partial charge in [0.15, 0.2) is 5.82 Å². The number of hydrogen-bond acceptors (Lipinski definition) is 8. The first-order valence-electron chi connectivity index (χ1n) is 11.2. The Morgan fingerprint density at radius 2 is 1.85 bits per heavy atom. The quantitative estimate of drug-likeness (QED) is 0.442. The van der Waals surface area contributed by atoms with Gasteiger partial charge in [0.05, 0.1) is 19.6 Å². The number of nitrogens with zero attached hydrogens (tertiary/aromatic N) is 3. The summed E-state index contributed by atoms with van der Waals surface area (Å²) in [6.45, 7) is 3.23. The van der Waals surface area contributed by atoms with Crippen molar-refractivity contribution < 1.29 is 23.8 Å². The molecule has 0 unspecified atom stereocenters. The van der Waals surface area contributed by atoms with Crippen molar-refractivity contribution in [2.45, 2.75) is 26.2 Å². The van der Waals surface area contributed by atoms with Crippen molar-refractivity contribution in [3.05, 3.63) is 65.5 Å². The summed E-state index contributed by atoms with van der Waals surface area (Å²) in [7, 11) is 1.64. The molecule has 34 heavy (non-hydrogen) atoms. The van der Waals surface area contributed by atoms with E-state index in [2.05, 4.69) is 9.36 Å². The zero-order valence-corrected chi connectivity index (χ0v) is 20.0. The molecule has 0 bridgehead atoms. The molecule has 2 aromatic carbocycles. The molecule has 0 atom stereocenters.